The van der Waals surface area contributed by atoms with Crippen LogP contribution in [-0.2, 0) is 9.53 Å². The Morgan fingerprint density at radius 1 is 1.04 bits per heavy atom. The molecule has 0 N–H and O–H groups in total. The van der Waals surface area contributed by atoms with Crippen molar-refractivity contribution in [3.8, 4) is 0 Å². The topological polar surface area (TPSA) is 32.8 Å². The van der Waals surface area contributed by atoms with Crippen molar-refractivity contribution in [3.63, 3.8) is 0 Å². The van der Waals surface area contributed by atoms with Gasteiger partial charge in [0, 0.05) is 6.54 Å². The monoisotopic (exact) mass is 346 g/mol. The number of carbonyl (C=O) groups excluding carboxylic acids is 1. The molecule has 1 aromatic carbocycles. The molecule has 25 heavy (non-hydrogen) atoms. The largest absolute Gasteiger partial charge is 0.370 e. The lowest BCUT2D eigenvalue weighted by Gasteiger charge is -2.43. The summed E-state index contributed by atoms with van der Waals surface area (Å²) in [4.78, 5) is 18.0. The van der Waals surface area contributed by atoms with E-state index in [2.05, 4.69) is 4.90 Å². The van der Waals surface area contributed by atoms with Gasteiger partial charge in [-0.1, -0.05) is 25.0 Å². The van der Waals surface area contributed by atoms with Crippen LogP contribution in [0.15, 0.2) is 24.3 Å². The van der Waals surface area contributed by atoms with Gasteiger partial charge < -0.3 is 9.64 Å². The number of halogens is 1. The molecule has 3 aliphatic rings. The zero-order chi connectivity index (χ0) is 17.3. The van der Waals surface area contributed by atoms with Gasteiger partial charge in [0.2, 0.25) is 5.91 Å². The molecule has 2 saturated heterocycles. The molecule has 0 spiro atoms. The minimum Gasteiger partial charge on any atom is -0.370 e. The first-order valence-corrected chi connectivity index (χ1v) is 9.61. The van der Waals surface area contributed by atoms with Gasteiger partial charge in [0.05, 0.1) is 13.2 Å². The van der Waals surface area contributed by atoms with Gasteiger partial charge in [-0.2, -0.15) is 0 Å². The highest BCUT2D eigenvalue weighted by atomic mass is 19.1. The van der Waals surface area contributed by atoms with Gasteiger partial charge in [-0.25, -0.2) is 4.39 Å². The normalized spacial score (nSPS) is 26.9. The Bertz CT molecular complexity index is 607. The molecule has 0 aromatic heterocycles. The molecule has 2 heterocycles. The van der Waals surface area contributed by atoms with Crippen LogP contribution in [0, 0.1) is 5.82 Å². The summed E-state index contributed by atoms with van der Waals surface area (Å²) < 4.78 is 19.1. The summed E-state index contributed by atoms with van der Waals surface area (Å²) in [6, 6.07) is 6.45. The first-order chi connectivity index (χ1) is 12.2. The van der Waals surface area contributed by atoms with E-state index in [1.807, 2.05) is 4.90 Å². The number of morpholine rings is 1. The molecule has 5 heteroatoms. The quantitative estimate of drug-likeness (QED) is 0.843. The fourth-order valence-corrected chi connectivity index (χ4v) is 4.78. The molecule has 1 aromatic rings. The number of hydrogen-bond acceptors (Lipinski definition) is 3. The Balaban J connectivity index is 1.51. The lowest BCUT2D eigenvalue weighted by molar-refractivity contribution is -0.151. The van der Waals surface area contributed by atoms with Crippen LogP contribution in [0.4, 0.5) is 4.39 Å². The van der Waals surface area contributed by atoms with Gasteiger partial charge in [-0.05, 0) is 56.5 Å². The first-order valence-electron chi connectivity index (χ1n) is 9.61. The van der Waals surface area contributed by atoms with Gasteiger partial charge in [-0.15, -0.1) is 0 Å². The highest BCUT2D eigenvalue weighted by Gasteiger charge is 2.49. The van der Waals surface area contributed by atoms with Crippen LogP contribution in [0.1, 0.15) is 50.2 Å². The molecular formula is C20H27FN2O2. The van der Waals surface area contributed by atoms with E-state index in [4.69, 9.17) is 4.74 Å². The molecular weight excluding hydrogens is 319 g/mol. The standard InChI is InChI=1S/C20H27FN2O2/c21-17-7-5-16(6-8-17)18-15-22(13-14-25-18)19(24)20(9-1-2-10-20)23-11-3-4-12-23/h5-8,18H,1-4,9-15H2. The number of carbonyl (C=O) groups is 1. The van der Waals surface area contributed by atoms with E-state index < -0.39 is 0 Å². The number of nitrogens with zero attached hydrogens (tertiary/aromatic N) is 2. The Labute approximate surface area is 148 Å². The fourth-order valence-electron chi connectivity index (χ4n) is 4.78. The SMILES string of the molecule is O=C(N1CCOC(c2ccc(F)cc2)C1)C1(N2CCCC2)CCCC1. The highest BCUT2D eigenvalue weighted by Crippen LogP contribution is 2.39. The maximum Gasteiger partial charge on any atom is 0.243 e. The Hall–Kier alpha value is -1.46. The van der Waals surface area contributed by atoms with E-state index >= 15 is 0 Å². The zero-order valence-corrected chi connectivity index (χ0v) is 14.8. The summed E-state index contributed by atoms with van der Waals surface area (Å²) in [6.45, 7) is 3.88. The van der Waals surface area contributed by atoms with Crippen LogP contribution in [0.5, 0.6) is 0 Å². The van der Waals surface area contributed by atoms with E-state index in [0.717, 1.165) is 44.3 Å². The van der Waals surface area contributed by atoms with Crippen molar-refractivity contribution >= 4 is 5.91 Å². The van der Waals surface area contributed by atoms with Crippen molar-refractivity contribution in [2.45, 2.75) is 50.2 Å². The maximum absolute atomic E-state index is 13.5. The third-order valence-corrected chi connectivity index (χ3v) is 6.14. The molecule has 136 valence electrons. The zero-order valence-electron chi connectivity index (χ0n) is 14.8. The van der Waals surface area contributed by atoms with Gasteiger partial charge in [0.1, 0.15) is 17.5 Å². The molecule has 1 unspecified atom stereocenters. The average molecular weight is 346 g/mol. The molecule has 4 rings (SSSR count). The summed E-state index contributed by atoms with van der Waals surface area (Å²) in [7, 11) is 0. The van der Waals surface area contributed by atoms with E-state index in [-0.39, 0.29) is 17.5 Å². The number of ether oxygens (including phenoxy) is 1. The molecule has 1 aliphatic carbocycles. The van der Waals surface area contributed by atoms with Crippen LogP contribution in [0.25, 0.3) is 0 Å². The predicted octanol–water partition coefficient (Wildman–Crippen LogP) is 3.13. The predicted molar refractivity (Wildman–Crippen MR) is 93.7 cm³/mol. The lowest BCUT2D eigenvalue weighted by Crippen LogP contribution is -2.59. The van der Waals surface area contributed by atoms with Gasteiger partial charge in [-0.3, -0.25) is 9.69 Å². The second-order valence-corrected chi connectivity index (χ2v) is 7.59. The van der Waals surface area contributed by atoms with Crippen molar-refractivity contribution in [2.75, 3.05) is 32.8 Å². The fraction of sp³-hybridized carbons (Fsp3) is 0.650. The molecule has 3 fully saturated rings. The van der Waals surface area contributed by atoms with Crippen molar-refractivity contribution in [2.24, 2.45) is 0 Å². The molecule has 0 bridgehead atoms. The third-order valence-electron chi connectivity index (χ3n) is 6.14. The van der Waals surface area contributed by atoms with Crippen molar-refractivity contribution in [1.29, 1.82) is 0 Å². The smallest absolute Gasteiger partial charge is 0.243 e. The van der Waals surface area contributed by atoms with Crippen molar-refractivity contribution < 1.29 is 13.9 Å². The second kappa shape index (κ2) is 7.04. The summed E-state index contributed by atoms with van der Waals surface area (Å²) in [5.41, 5.74) is 0.668. The minimum atomic E-state index is -0.277. The second-order valence-electron chi connectivity index (χ2n) is 7.59. The minimum absolute atomic E-state index is 0.157. The summed E-state index contributed by atoms with van der Waals surface area (Å²) in [6.07, 6.45) is 6.53. The molecule has 2 aliphatic heterocycles. The van der Waals surface area contributed by atoms with Crippen LogP contribution < -0.4 is 0 Å². The highest BCUT2D eigenvalue weighted by molar-refractivity contribution is 5.87. The van der Waals surface area contributed by atoms with Crippen molar-refractivity contribution in [3.05, 3.63) is 35.6 Å². The molecule has 0 radical (unpaired) electrons. The van der Waals surface area contributed by atoms with E-state index in [9.17, 15) is 9.18 Å². The Kier molecular flexibility index (Phi) is 4.78. The van der Waals surface area contributed by atoms with Crippen molar-refractivity contribution in [1.82, 2.24) is 9.80 Å². The summed E-state index contributed by atoms with van der Waals surface area (Å²) in [5.74, 6) is 0.0498. The molecule has 1 saturated carbocycles. The molecule has 1 amide bonds. The number of likely N-dealkylation sites (tertiary alicyclic amines) is 1. The number of hydrogen-bond donors (Lipinski definition) is 0. The number of benzene rings is 1. The van der Waals surface area contributed by atoms with E-state index in [1.165, 1.54) is 25.0 Å². The van der Waals surface area contributed by atoms with E-state index in [1.54, 1.807) is 12.1 Å². The van der Waals surface area contributed by atoms with Crippen LogP contribution in [0.2, 0.25) is 0 Å². The lowest BCUT2D eigenvalue weighted by atomic mass is 9.92. The Morgan fingerprint density at radius 2 is 1.72 bits per heavy atom. The van der Waals surface area contributed by atoms with Gasteiger partial charge >= 0.3 is 0 Å². The van der Waals surface area contributed by atoms with Gasteiger partial charge in [0.25, 0.3) is 0 Å². The first kappa shape index (κ1) is 17.0. The number of rotatable bonds is 3. The Morgan fingerprint density at radius 3 is 2.40 bits per heavy atom. The molecule has 4 nitrogen and oxygen atoms in total. The van der Waals surface area contributed by atoms with E-state index in [0.29, 0.717) is 25.6 Å². The summed E-state index contributed by atoms with van der Waals surface area (Å²) >= 11 is 0. The maximum atomic E-state index is 13.5. The summed E-state index contributed by atoms with van der Waals surface area (Å²) in [5, 5.41) is 0. The van der Waals surface area contributed by atoms with Gasteiger partial charge in [0.15, 0.2) is 0 Å². The van der Waals surface area contributed by atoms with Crippen LogP contribution in [-0.4, -0.2) is 54.0 Å². The average Bonchev–Trinajstić information content (AvgIpc) is 3.34. The van der Waals surface area contributed by atoms with Crippen LogP contribution >= 0.6 is 0 Å². The number of amides is 1. The third kappa shape index (κ3) is 3.20. The van der Waals surface area contributed by atoms with Crippen LogP contribution in [0.3, 0.4) is 0 Å². The molecule has 1 atom stereocenters.